The van der Waals surface area contributed by atoms with Crippen LogP contribution in [-0.4, -0.2) is 16.4 Å². The lowest BCUT2D eigenvalue weighted by molar-refractivity contribution is -0.117. The first-order valence-corrected chi connectivity index (χ1v) is 7.15. The Morgan fingerprint density at radius 1 is 1.24 bits per heavy atom. The van der Waals surface area contributed by atoms with Crippen LogP contribution in [0.3, 0.4) is 0 Å². The number of hydrogen-bond donors (Lipinski definition) is 1. The van der Waals surface area contributed by atoms with Gasteiger partial charge in [0, 0.05) is 28.7 Å². The van der Waals surface area contributed by atoms with Gasteiger partial charge in [-0.1, -0.05) is 23.7 Å². The van der Waals surface area contributed by atoms with Gasteiger partial charge < -0.3 is 0 Å². The number of nitrogens with one attached hydrogen (secondary N) is 1. The molecule has 0 bridgehead atoms. The lowest BCUT2D eigenvalue weighted by atomic mass is 10.0. The summed E-state index contributed by atoms with van der Waals surface area (Å²) < 4.78 is 0. The van der Waals surface area contributed by atoms with E-state index in [0.29, 0.717) is 17.3 Å². The summed E-state index contributed by atoms with van der Waals surface area (Å²) in [7, 11) is 0. The summed E-state index contributed by atoms with van der Waals surface area (Å²) in [6, 6.07) is 11.4. The number of hydrogen-bond acceptors (Lipinski definition) is 3. The number of benzene rings is 1. The highest BCUT2D eigenvalue weighted by Crippen LogP contribution is 2.26. The molecular formula is C16H16ClN3O. The molecule has 0 atom stereocenters. The highest BCUT2D eigenvalue weighted by molar-refractivity contribution is 6.30. The van der Waals surface area contributed by atoms with Crippen molar-refractivity contribution in [2.45, 2.75) is 25.8 Å². The number of amides is 1. The van der Waals surface area contributed by atoms with Gasteiger partial charge in [-0.15, -0.1) is 0 Å². The first-order chi connectivity index (χ1) is 9.94. The number of hydrazine groups is 1. The van der Waals surface area contributed by atoms with Gasteiger partial charge in [0.1, 0.15) is 5.82 Å². The van der Waals surface area contributed by atoms with E-state index < -0.39 is 0 Å². The molecule has 1 aliphatic heterocycles. The molecule has 1 saturated heterocycles. The van der Waals surface area contributed by atoms with Crippen LogP contribution >= 0.6 is 11.6 Å². The van der Waals surface area contributed by atoms with E-state index in [0.717, 1.165) is 11.1 Å². The third kappa shape index (κ3) is 2.91. The molecule has 21 heavy (non-hydrogen) atoms. The SMILES string of the molecule is CC1(C)CC(=O)N(c2ccc(-c3cccc(Cl)c3)cn2)N1. The van der Waals surface area contributed by atoms with Crippen molar-refractivity contribution in [2.75, 3.05) is 5.01 Å². The zero-order chi connectivity index (χ0) is 15.0. The van der Waals surface area contributed by atoms with Crippen molar-refractivity contribution in [1.29, 1.82) is 0 Å². The quantitative estimate of drug-likeness (QED) is 0.924. The van der Waals surface area contributed by atoms with Crippen LogP contribution < -0.4 is 10.4 Å². The molecule has 0 spiro atoms. The maximum Gasteiger partial charge on any atom is 0.244 e. The summed E-state index contributed by atoms with van der Waals surface area (Å²) in [6.07, 6.45) is 2.21. The third-order valence-electron chi connectivity index (χ3n) is 3.39. The van der Waals surface area contributed by atoms with Crippen LogP contribution in [0.1, 0.15) is 20.3 Å². The molecule has 1 amide bonds. The van der Waals surface area contributed by atoms with E-state index in [9.17, 15) is 4.79 Å². The number of pyridine rings is 1. The Morgan fingerprint density at radius 3 is 2.62 bits per heavy atom. The monoisotopic (exact) mass is 301 g/mol. The van der Waals surface area contributed by atoms with Gasteiger partial charge in [0.05, 0.1) is 0 Å². The number of carbonyl (C=O) groups is 1. The van der Waals surface area contributed by atoms with E-state index in [1.165, 1.54) is 5.01 Å². The summed E-state index contributed by atoms with van der Waals surface area (Å²) in [5, 5.41) is 2.21. The Hall–Kier alpha value is -1.91. The lowest BCUT2D eigenvalue weighted by Crippen LogP contribution is -2.42. The summed E-state index contributed by atoms with van der Waals surface area (Å²) in [4.78, 5) is 16.4. The average molecular weight is 302 g/mol. The zero-order valence-corrected chi connectivity index (χ0v) is 12.7. The zero-order valence-electron chi connectivity index (χ0n) is 11.9. The molecule has 1 aromatic carbocycles. The Bertz CT molecular complexity index is 682. The van der Waals surface area contributed by atoms with Gasteiger partial charge >= 0.3 is 0 Å². The maximum atomic E-state index is 12.0. The minimum Gasteiger partial charge on any atom is -0.273 e. The van der Waals surface area contributed by atoms with Crippen LogP contribution in [0.25, 0.3) is 11.1 Å². The molecule has 0 saturated carbocycles. The highest BCUT2D eigenvalue weighted by atomic mass is 35.5. The third-order valence-corrected chi connectivity index (χ3v) is 3.63. The van der Waals surface area contributed by atoms with E-state index in [1.807, 2.05) is 50.2 Å². The van der Waals surface area contributed by atoms with Crippen molar-refractivity contribution in [2.24, 2.45) is 0 Å². The molecule has 1 aliphatic rings. The van der Waals surface area contributed by atoms with Crippen molar-refractivity contribution in [3.63, 3.8) is 0 Å². The normalized spacial score (nSPS) is 17.3. The van der Waals surface area contributed by atoms with Gasteiger partial charge in [-0.2, -0.15) is 0 Å². The molecule has 108 valence electrons. The van der Waals surface area contributed by atoms with E-state index in [2.05, 4.69) is 10.4 Å². The van der Waals surface area contributed by atoms with Crippen molar-refractivity contribution < 1.29 is 4.79 Å². The van der Waals surface area contributed by atoms with E-state index >= 15 is 0 Å². The smallest absolute Gasteiger partial charge is 0.244 e. The first kappa shape index (κ1) is 14.0. The van der Waals surface area contributed by atoms with Gasteiger partial charge in [-0.25, -0.2) is 15.4 Å². The number of anilines is 1. The summed E-state index contributed by atoms with van der Waals surface area (Å²) >= 11 is 6.00. The van der Waals surface area contributed by atoms with Crippen LogP contribution in [0.2, 0.25) is 5.02 Å². The molecule has 0 unspecified atom stereocenters. The second-order valence-electron chi connectivity index (χ2n) is 5.82. The molecule has 3 rings (SSSR count). The predicted octanol–water partition coefficient (Wildman–Crippen LogP) is 3.42. The number of carbonyl (C=O) groups excluding carboxylic acids is 1. The Balaban J connectivity index is 1.87. The molecule has 2 heterocycles. The molecule has 1 aromatic heterocycles. The minimum absolute atomic E-state index is 0.0306. The van der Waals surface area contributed by atoms with E-state index in [-0.39, 0.29) is 11.4 Å². The number of halogens is 1. The topological polar surface area (TPSA) is 45.2 Å². The molecule has 2 aromatic rings. The van der Waals surface area contributed by atoms with Crippen molar-refractivity contribution in [3.8, 4) is 11.1 Å². The molecule has 0 radical (unpaired) electrons. The van der Waals surface area contributed by atoms with Gasteiger partial charge in [-0.05, 0) is 43.7 Å². The Labute approximate surface area is 128 Å². The number of rotatable bonds is 2. The van der Waals surface area contributed by atoms with Crippen LogP contribution in [0.15, 0.2) is 42.6 Å². The van der Waals surface area contributed by atoms with Crippen LogP contribution in [0.4, 0.5) is 5.82 Å². The molecular weight excluding hydrogens is 286 g/mol. The molecule has 4 nitrogen and oxygen atoms in total. The van der Waals surface area contributed by atoms with E-state index in [1.54, 1.807) is 6.20 Å². The fourth-order valence-electron chi connectivity index (χ4n) is 2.40. The van der Waals surface area contributed by atoms with Crippen molar-refractivity contribution in [1.82, 2.24) is 10.4 Å². The first-order valence-electron chi connectivity index (χ1n) is 6.77. The fraction of sp³-hybridized carbons (Fsp3) is 0.250. The van der Waals surface area contributed by atoms with Crippen molar-refractivity contribution in [3.05, 3.63) is 47.6 Å². The highest BCUT2D eigenvalue weighted by Gasteiger charge is 2.36. The summed E-state index contributed by atoms with van der Waals surface area (Å²) in [5.41, 5.74) is 4.90. The standard InChI is InChI=1S/C16H16ClN3O/c1-16(2)9-15(21)20(19-16)14-7-6-12(10-18-14)11-4-3-5-13(17)8-11/h3-8,10,19H,9H2,1-2H3. The van der Waals surface area contributed by atoms with Crippen molar-refractivity contribution >= 4 is 23.3 Å². The minimum atomic E-state index is -0.232. The average Bonchev–Trinajstić information content (AvgIpc) is 2.72. The maximum absolute atomic E-state index is 12.0. The van der Waals surface area contributed by atoms with Crippen LogP contribution in [0.5, 0.6) is 0 Å². The van der Waals surface area contributed by atoms with Crippen LogP contribution in [0, 0.1) is 0 Å². The van der Waals surface area contributed by atoms with E-state index in [4.69, 9.17) is 11.6 Å². The van der Waals surface area contributed by atoms with Gasteiger partial charge in [0.15, 0.2) is 0 Å². The van der Waals surface area contributed by atoms with Gasteiger partial charge in [-0.3, -0.25) is 4.79 Å². The summed E-state index contributed by atoms with van der Waals surface area (Å²) in [5.74, 6) is 0.638. The largest absolute Gasteiger partial charge is 0.273 e. The molecule has 1 fully saturated rings. The fourth-order valence-corrected chi connectivity index (χ4v) is 2.59. The molecule has 1 N–H and O–H groups in total. The Kier molecular flexibility index (Phi) is 3.43. The van der Waals surface area contributed by atoms with Gasteiger partial charge in [0.2, 0.25) is 5.91 Å². The Morgan fingerprint density at radius 2 is 2.05 bits per heavy atom. The molecule has 0 aliphatic carbocycles. The second-order valence-corrected chi connectivity index (χ2v) is 6.25. The number of aromatic nitrogens is 1. The molecule has 5 heteroatoms. The van der Waals surface area contributed by atoms with Gasteiger partial charge in [0.25, 0.3) is 0 Å². The van der Waals surface area contributed by atoms with Crippen LogP contribution in [-0.2, 0) is 4.79 Å². The summed E-state index contributed by atoms with van der Waals surface area (Å²) in [6.45, 7) is 3.98. The predicted molar refractivity (Wildman–Crippen MR) is 84.0 cm³/mol. The lowest BCUT2D eigenvalue weighted by Gasteiger charge is -2.20. The number of nitrogens with zero attached hydrogens (tertiary/aromatic N) is 2. The second kappa shape index (κ2) is 5.13.